The SMILES string of the molecule is CCCc1ccc(CC=CC2C(=O)c3ccccc3C2=O)cc1. The highest BCUT2D eigenvalue weighted by Crippen LogP contribution is 2.27. The van der Waals surface area contributed by atoms with Crippen LogP contribution in [-0.4, -0.2) is 11.6 Å². The molecule has 0 unspecified atom stereocenters. The number of allylic oxidation sites excluding steroid dienone is 2. The third kappa shape index (κ3) is 3.16. The van der Waals surface area contributed by atoms with Crippen molar-refractivity contribution >= 4 is 11.6 Å². The monoisotopic (exact) mass is 304 g/mol. The predicted octanol–water partition coefficient (Wildman–Crippen LogP) is 4.43. The van der Waals surface area contributed by atoms with Gasteiger partial charge in [-0.15, -0.1) is 0 Å². The molecule has 3 rings (SSSR count). The maximum atomic E-state index is 12.3. The molecular formula is C21H20O2. The summed E-state index contributed by atoms with van der Waals surface area (Å²) in [5.74, 6) is -0.813. The number of Topliss-reactive ketones (excluding diaryl/α,β-unsaturated/α-hetero) is 2. The fourth-order valence-corrected chi connectivity index (χ4v) is 3.01. The Morgan fingerprint density at radius 2 is 1.43 bits per heavy atom. The number of hydrogen-bond acceptors (Lipinski definition) is 2. The molecule has 0 N–H and O–H groups in total. The zero-order chi connectivity index (χ0) is 16.2. The Bertz CT molecular complexity index is 719. The van der Waals surface area contributed by atoms with Crippen molar-refractivity contribution in [2.75, 3.05) is 0 Å². The third-order valence-electron chi connectivity index (χ3n) is 4.27. The van der Waals surface area contributed by atoms with Gasteiger partial charge in [0.1, 0.15) is 5.92 Å². The molecule has 0 fully saturated rings. The van der Waals surface area contributed by atoms with Gasteiger partial charge in [-0.05, 0) is 24.0 Å². The minimum Gasteiger partial charge on any atom is -0.293 e. The molecule has 2 heteroatoms. The number of carbonyl (C=O) groups excluding carboxylic acids is 2. The molecule has 0 radical (unpaired) electrons. The number of fused-ring (bicyclic) bond motifs is 1. The summed E-state index contributed by atoms with van der Waals surface area (Å²) in [5.41, 5.74) is 3.64. The van der Waals surface area contributed by atoms with E-state index in [1.165, 1.54) is 11.1 Å². The second-order valence-electron chi connectivity index (χ2n) is 5.95. The summed E-state index contributed by atoms with van der Waals surface area (Å²) >= 11 is 0. The molecular weight excluding hydrogens is 284 g/mol. The maximum Gasteiger partial charge on any atom is 0.178 e. The molecule has 2 nitrogen and oxygen atoms in total. The normalized spacial score (nSPS) is 14.7. The number of rotatable bonds is 5. The summed E-state index contributed by atoms with van der Waals surface area (Å²) in [5, 5.41) is 0. The summed E-state index contributed by atoms with van der Waals surface area (Å²) in [7, 11) is 0. The van der Waals surface area contributed by atoms with Crippen LogP contribution in [0.15, 0.2) is 60.7 Å². The molecule has 0 heterocycles. The van der Waals surface area contributed by atoms with Crippen LogP contribution in [0.25, 0.3) is 0 Å². The van der Waals surface area contributed by atoms with Crippen LogP contribution in [0.4, 0.5) is 0 Å². The quantitative estimate of drug-likeness (QED) is 0.605. The van der Waals surface area contributed by atoms with Gasteiger partial charge in [0.25, 0.3) is 0 Å². The number of ketones is 2. The van der Waals surface area contributed by atoms with Crippen molar-refractivity contribution in [2.24, 2.45) is 5.92 Å². The van der Waals surface area contributed by atoms with Crippen molar-refractivity contribution in [1.29, 1.82) is 0 Å². The van der Waals surface area contributed by atoms with Crippen molar-refractivity contribution in [2.45, 2.75) is 26.2 Å². The van der Waals surface area contributed by atoms with Crippen molar-refractivity contribution < 1.29 is 9.59 Å². The van der Waals surface area contributed by atoms with Gasteiger partial charge in [0.2, 0.25) is 0 Å². The van der Waals surface area contributed by atoms with Gasteiger partial charge in [-0.1, -0.05) is 74.0 Å². The first-order chi connectivity index (χ1) is 11.2. The molecule has 0 amide bonds. The first-order valence-corrected chi connectivity index (χ1v) is 8.12. The minimum absolute atomic E-state index is 0.0832. The van der Waals surface area contributed by atoms with Gasteiger partial charge < -0.3 is 0 Å². The lowest BCUT2D eigenvalue weighted by Gasteiger charge is -2.02. The van der Waals surface area contributed by atoms with Gasteiger partial charge in [0, 0.05) is 11.1 Å². The van der Waals surface area contributed by atoms with Crippen LogP contribution in [0, 0.1) is 5.92 Å². The molecule has 0 aliphatic heterocycles. The second kappa shape index (κ2) is 6.74. The van der Waals surface area contributed by atoms with E-state index in [0.29, 0.717) is 11.1 Å². The molecule has 1 aliphatic rings. The molecule has 0 bridgehead atoms. The Morgan fingerprint density at radius 3 is 2.00 bits per heavy atom. The Morgan fingerprint density at radius 1 is 0.870 bits per heavy atom. The standard InChI is InChI=1S/C21H20O2/c1-2-6-15-11-13-16(14-12-15)7-5-10-19-20(22)17-8-3-4-9-18(17)21(19)23/h3-5,8-14,19H,2,6-7H2,1H3. The van der Waals surface area contributed by atoms with Gasteiger partial charge in [0.05, 0.1) is 0 Å². The summed E-state index contributed by atoms with van der Waals surface area (Å²) in [4.78, 5) is 24.6. The summed E-state index contributed by atoms with van der Waals surface area (Å²) < 4.78 is 0. The van der Waals surface area contributed by atoms with E-state index in [2.05, 4.69) is 31.2 Å². The zero-order valence-corrected chi connectivity index (χ0v) is 13.3. The van der Waals surface area contributed by atoms with E-state index < -0.39 is 5.92 Å². The molecule has 0 saturated carbocycles. The predicted molar refractivity (Wildman–Crippen MR) is 91.9 cm³/mol. The van der Waals surface area contributed by atoms with Crippen LogP contribution in [0.1, 0.15) is 45.2 Å². The van der Waals surface area contributed by atoms with E-state index in [1.807, 2.05) is 6.08 Å². The average molecular weight is 304 g/mol. The first-order valence-electron chi connectivity index (χ1n) is 8.12. The van der Waals surface area contributed by atoms with Crippen molar-refractivity contribution in [1.82, 2.24) is 0 Å². The molecule has 0 atom stereocenters. The van der Waals surface area contributed by atoms with Crippen molar-refractivity contribution in [3.63, 3.8) is 0 Å². The van der Waals surface area contributed by atoms with Crippen molar-refractivity contribution in [3.05, 3.63) is 82.9 Å². The Kier molecular flexibility index (Phi) is 4.52. The number of hydrogen-bond donors (Lipinski definition) is 0. The van der Waals surface area contributed by atoms with Gasteiger partial charge in [0.15, 0.2) is 11.6 Å². The molecule has 0 spiro atoms. The largest absolute Gasteiger partial charge is 0.293 e. The van der Waals surface area contributed by atoms with Crippen LogP contribution >= 0.6 is 0 Å². The van der Waals surface area contributed by atoms with Crippen LogP contribution in [0.2, 0.25) is 0 Å². The topological polar surface area (TPSA) is 34.1 Å². The van der Waals surface area contributed by atoms with Crippen LogP contribution in [-0.2, 0) is 12.8 Å². The molecule has 0 saturated heterocycles. The van der Waals surface area contributed by atoms with Crippen LogP contribution < -0.4 is 0 Å². The van der Waals surface area contributed by atoms with Gasteiger partial charge in [-0.3, -0.25) is 9.59 Å². The maximum absolute atomic E-state index is 12.3. The molecule has 23 heavy (non-hydrogen) atoms. The number of aryl methyl sites for hydroxylation is 1. The van der Waals surface area contributed by atoms with E-state index in [9.17, 15) is 9.59 Å². The molecule has 1 aliphatic carbocycles. The lowest BCUT2D eigenvalue weighted by Crippen LogP contribution is -2.11. The highest BCUT2D eigenvalue weighted by atomic mass is 16.2. The Balaban J connectivity index is 1.67. The average Bonchev–Trinajstić information content (AvgIpc) is 2.82. The molecule has 0 aromatic heterocycles. The fourth-order valence-electron chi connectivity index (χ4n) is 3.01. The zero-order valence-electron chi connectivity index (χ0n) is 13.3. The number of benzene rings is 2. The first kappa shape index (κ1) is 15.4. The van der Waals surface area contributed by atoms with Gasteiger partial charge in [-0.2, -0.15) is 0 Å². The lowest BCUT2D eigenvalue weighted by atomic mass is 10.0. The highest BCUT2D eigenvalue weighted by molar-refractivity contribution is 6.27. The smallest absolute Gasteiger partial charge is 0.178 e. The Hall–Kier alpha value is -2.48. The van der Waals surface area contributed by atoms with Gasteiger partial charge >= 0.3 is 0 Å². The number of carbonyl (C=O) groups is 2. The van der Waals surface area contributed by atoms with E-state index in [-0.39, 0.29) is 11.6 Å². The van der Waals surface area contributed by atoms with E-state index in [1.54, 1.807) is 30.3 Å². The summed E-state index contributed by atoms with van der Waals surface area (Å²) in [6.07, 6.45) is 6.66. The third-order valence-corrected chi connectivity index (χ3v) is 4.27. The Labute approximate surface area is 136 Å². The van der Waals surface area contributed by atoms with Crippen LogP contribution in [0.5, 0.6) is 0 Å². The van der Waals surface area contributed by atoms with E-state index >= 15 is 0 Å². The summed E-state index contributed by atoms with van der Waals surface area (Å²) in [6.45, 7) is 2.17. The van der Waals surface area contributed by atoms with E-state index in [0.717, 1.165) is 19.3 Å². The summed E-state index contributed by atoms with van der Waals surface area (Å²) in [6, 6.07) is 15.6. The fraction of sp³-hybridized carbons (Fsp3) is 0.238. The molecule has 2 aromatic rings. The minimum atomic E-state index is -0.647. The second-order valence-corrected chi connectivity index (χ2v) is 5.95. The lowest BCUT2D eigenvalue weighted by molar-refractivity contribution is 0.0871. The van der Waals surface area contributed by atoms with Gasteiger partial charge in [-0.25, -0.2) is 0 Å². The van der Waals surface area contributed by atoms with Crippen molar-refractivity contribution in [3.8, 4) is 0 Å². The van der Waals surface area contributed by atoms with E-state index in [4.69, 9.17) is 0 Å². The van der Waals surface area contributed by atoms with Crippen LogP contribution in [0.3, 0.4) is 0 Å². The highest BCUT2D eigenvalue weighted by Gasteiger charge is 2.36. The molecule has 2 aromatic carbocycles. The molecule has 116 valence electrons.